The van der Waals surface area contributed by atoms with Gasteiger partial charge in [-0.3, -0.25) is 4.79 Å². The van der Waals surface area contributed by atoms with Crippen LogP contribution in [-0.2, 0) is 13.0 Å². The second-order valence-electron chi connectivity index (χ2n) is 6.68. The van der Waals surface area contributed by atoms with Crippen molar-refractivity contribution < 1.29 is 4.79 Å². The number of hydrogen-bond donors (Lipinski definition) is 2. The van der Waals surface area contributed by atoms with Gasteiger partial charge in [0.15, 0.2) is 5.78 Å². The van der Waals surface area contributed by atoms with Crippen LogP contribution in [0.4, 0.5) is 0 Å². The predicted molar refractivity (Wildman–Crippen MR) is 110 cm³/mol. The van der Waals surface area contributed by atoms with Crippen LogP contribution < -0.4 is 5.32 Å². The molecule has 0 spiro atoms. The van der Waals surface area contributed by atoms with Crippen LogP contribution in [0.5, 0.6) is 0 Å². The zero-order chi connectivity index (χ0) is 18.5. The first-order valence-corrected chi connectivity index (χ1v) is 9.26. The Balaban J connectivity index is 1.36. The van der Waals surface area contributed by atoms with Gasteiger partial charge in [-0.2, -0.15) is 0 Å². The van der Waals surface area contributed by atoms with Crippen LogP contribution in [0.25, 0.3) is 10.9 Å². The summed E-state index contributed by atoms with van der Waals surface area (Å²) in [7, 11) is 0. The maximum absolute atomic E-state index is 12.6. The van der Waals surface area contributed by atoms with Gasteiger partial charge < -0.3 is 10.3 Å². The molecule has 0 fully saturated rings. The Morgan fingerprint density at radius 2 is 1.63 bits per heavy atom. The molecule has 0 radical (unpaired) electrons. The minimum atomic E-state index is 0.0660. The molecule has 0 atom stereocenters. The summed E-state index contributed by atoms with van der Waals surface area (Å²) in [6.45, 7) is 1.64. The van der Waals surface area contributed by atoms with E-state index >= 15 is 0 Å². The third-order valence-corrected chi connectivity index (χ3v) is 4.80. The molecule has 0 aliphatic carbocycles. The monoisotopic (exact) mass is 354 g/mol. The van der Waals surface area contributed by atoms with E-state index in [1.807, 2.05) is 54.6 Å². The zero-order valence-corrected chi connectivity index (χ0v) is 15.1. The van der Waals surface area contributed by atoms with E-state index in [0.717, 1.165) is 36.2 Å². The number of aromatic nitrogens is 1. The van der Waals surface area contributed by atoms with Gasteiger partial charge in [0.2, 0.25) is 0 Å². The van der Waals surface area contributed by atoms with Crippen LogP contribution in [0, 0.1) is 0 Å². The molecule has 0 unspecified atom stereocenters. The first kappa shape index (κ1) is 17.3. The molecule has 3 aromatic carbocycles. The Morgan fingerprint density at radius 3 is 2.52 bits per heavy atom. The van der Waals surface area contributed by atoms with Crippen molar-refractivity contribution in [2.45, 2.75) is 13.0 Å². The molecule has 0 saturated carbocycles. The number of para-hydroxylation sites is 1. The Kier molecular flexibility index (Phi) is 5.13. The third kappa shape index (κ3) is 3.99. The van der Waals surface area contributed by atoms with Crippen LogP contribution in [0.15, 0.2) is 85.1 Å². The van der Waals surface area contributed by atoms with Gasteiger partial charge in [-0.15, -0.1) is 0 Å². The molecule has 0 bridgehead atoms. The van der Waals surface area contributed by atoms with Gasteiger partial charge in [0.25, 0.3) is 0 Å². The highest BCUT2D eigenvalue weighted by Crippen LogP contribution is 2.18. The van der Waals surface area contributed by atoms with Crippen molar-refractivity contribution in [1.29, 1.82) is 0 Å². The lowest BCUT2D eigenvalue weighted by Gasteiger charge is -2.07. The molecule has 0 aliphatic rings. The number of carbonyl (C=O) groups is 1. The molecule has 3 heteroatoms. The van der Waals surface area contributed by atoms with E-state index in [-0.39, 0.29) is 5.78 Å². The van der Waals surface area contributed by atoms with Gasteiger partial charge in [-0.25, -0.2) is 0 Å². The number of benzene rings is 3. The molecule has 0 amide bonds. The molecule has 134 valence electrons. The Hall–Kier alpha value is -3.17. The molecular formula is C24H22N2O. The maximum atomic E-state index is 12.6. The molecule has 27 heavy (non-hydrogen) atoms. The van der Waals surface area contributed by atoms with Crippen molar-refractivity contribution in [3.05, 3.63) is 107 Å². The van der Waals surface area contributed by atoms with Crippen LogP contribution in [0.2, 0.25) is 0 Å². The zero-order valence-electron chi connectivity index (χ0n) is 15.1. The summed E-state index contributed by atoms with van der Waals surface area (Å²) in [5, 5.41) is 4.77. The van der Waals surface area contributed by atoms with E-state index in [2.05, 4.69) is 40.8 Å². The fourth-order valence-electron chi connectivity index (χ4n) is 3.37. The van der Waals surface area contributed by atoms with Crippen molar-refractivity contribution >= 4 is 16.7 Å². The average Bonchev–Trinajstić information content (AvgIpc) is 3.15. The number of H-pyrrole nitrogens is 1. The Morgan fingerprint density at radius 1 is 0.852 bits per heavy atom. The molecule has 0 aliphatic heterocycles. The highest BCUT2D eigenvalue weighted by molar-refractivity contribution is 6.09. The fourth-order valence-corrected chi connectivity index (χ4v) is 3.37. The maximum Gasteiger partial charge on any atom is 0.193 e. The predicted octanol–water partition coefficient (Wildman–Crippen LogP) is 4.73. The van der Waals surface area contributed by atoms with E-state index in [4.69, 9.17) is 0 Å². The van der Waals surface area contributed by atoms with Crippen LogP contribution in [0.1, 0.15) is 27.0 Å². The van der Waals surface area contributed by atoms with Gasteiger partial charge in [-0.1, -0.05) is 66.7 Å². The van der Waals surface area contributed by atoms with Crippen molar-refractivity contribution in [1.82, 2.24) is 10.3 Å². The summed E-state index contributed by atoms with van der Waals surface area (Å²) in [5.74, 6) is 0.0660. The number of hydrogen-bond acceptors (Lipinski definition) is 2. The lowest BCUT2D eigenvalue weighted by Crippen LogP contribution is -2.17. The quantitative estimate of drug-likeness (QED) is 0.372. The SMILES string of the molecule is O=C(c1ccccc1)c1cccc(CNCCc2c[nH]c3ccccc23)c1. The lowest BCUT2D eigenvalue weighted by atomic mass is 10.0. The van der Waals surface area contributed by atoms with E-state index in [1.165, 1.54) is 16.5 Å². The van der Waals surface area contributed by atoms with Crippen molar-refractivity contribution in [3.8, 4) is 0 Å². The van der Waals surface area contributed by atoms with Crippen LogP contribution in [0.3, 0.4) is 0 Å². The number of fused-ring (bicyclic) bond motifs is 1. The van der Waals surface area contributed by atoms with E-state index in [1.54, 1.807) is 0 Å². The standard InChI is InChI=1S/C24H22N2O/c27-24(19-8-2-1-3-9-19)20-10-6-7-18(15-20)16-25-14-13-21-17-26-23-12-5-4-11-22(21)23/h1-12,15,17,25-26H,13-14,16H2. The van der Waals surface area contributed by atoms with Crippen molar-refractivity contribution in [2.24, 2.45) is 0 Å². The largest absolute Gasteiger partial charge is 0.361 e. The number of ketones is 1. The molecule has 4 rings (SSSR count). The summed E-state index contributed by atoms with van der Waals surface area (Å²) < 4.78 is 0. The number of rotatable bonds is 7. The first-order chi connectivity index (χ1) is 13.3. The molecule has 4 aromatic rings. The number of carbonyl (C=O) groups excluding carboxylic acids is 1. The average molecular weight is 354 g/mol. The van der Waals surface area contributed by atoms with E-state index in [9.17, 15) is 4.79 Å². The summed E-state index contributed by atoms with van der Waals surface area (Å²) in [5.41, 5.74) is 5.08. The molecular weight excluding hydrogens is 332 g/mol. The first-order valence-electron chi connectivity index (χ1n) is 9.26. The molecule has 1 aromatic heterocycles. The second-order valence-corrected chi connectivity index (χ2v) is 6.68. The van der Waals surface area contributed by atoms with Crippen molar-refractivity contribution in [2.75, 3.05) is 6.54 Å². The Labute approximate surface area is 159 Å². The van der Waals surface area contributed by atoms with Crippen LogP contribution in [-0.4, -0.2) is 17.3 Å². The van der Waals surface area contributed by atoms with Gasteiger partial charge >= 0.3 is 0 Å². The Bertz CT molecular complexity index is 1050. The van der Waals surface area contributed by atoms with Gasteiger partial charge in [-0.05, 0) is 36.2 Å². The topological polar surface area (TPSA) is 44.9 Å². The molecule has 0 saturated heterocycles. The summed E-state index contributed by atoms with van der Waals surface area (Å²) in [4.78, 5) is 15.9. The minimum Gasteiger partial charge on any atom is -0.361 e. The third-order valence-electron chi connectivity index (χ3n) is 4.80. The van der Waals surface area contributed by atoms with E-state index < -0.39 is 0 Å². The fraction of sp³-hybridized carbons (Fsp3) is 0.125. The van der Waals surface area contributed by atoms with E-state index in [0.29, 0.717) is 0 Å². The molecule has 2 N–H and O–H groups in total. The molecule has 1 heterocycles. The van der Waals surface area contributed by atoms with Gasteiger partial charge in [0.1, 0.15) is 0 Å². The number of aromatic amines is 1. The highest BCUT2D eigenvalue weighted by atomic mass is 16.1. The van der Waals surface area contributed by atoms with Gasteiger partial charge in [0, 0.05) is 34.8 Å². The van der Waals surface area contributed by atoms with Crippen LogP contribution >= 0.6 is 0 Å². The minimum absolute atomic E-state index is 0.0660. The molecule has 3 nitrogen and oxygen atoms in total. The van der Waals surface area contributed by atoms with Gasteiger partial charge in [0.05, 0.1) is 0 Å². The summed E-state index contributed by atoms with van der Waals surface area (Å²) >= 11 is 0. The summed E-state index contributed by atoms with van der Waals surface area (Å²) in [6.07, 6.45) is 3.05. The smallest absolute Gasteiger partial charge is 0.193 e. The highest BCUT2D eigenvalue weighted by Gasteiger charge is 2.09. The second kappa shape index (κ2) is 8.02. The normalized spacial score (nSPS) is 11.0. The lowest BCUT2D eigenvalue weighted by molar-refractivity contribution is 0.103. The van der Waals surface area contributed by atoms with Crippen molar-refractivity contribution in [3.63, 3.8) is 0 Å². The number of nitrogens with one attached hydrogen (secondary N) is 2. The summed E-state index contributed by atoms with van der Waals surface area (Å²) in [6, 6.07) is 25.7.